The number of aromatic nitrogens is 4. The largest absolute Gasteiger partial charge is 0.495 e. The van der Waals surface area contributed by atoms with Gasteiger partial charge in [-0.3, -0.25) is 0 Å². The summed E-state index contributed by atoms with van der Waals surface area (Å²) in [6, 6.07) is 14.2. The van der Waals surface area contributed by atoms with Crippen molar-refractivity contribution in [3.63, 3.8) is 0 Å². The third-order valence-corrected chi connectivity index (χ3v) is 5.10. The molecule has 0 aliphatic carbocycles. The molecule has 0 bridgehead atoms. The predicted octanol–water partition coefficient (Wildman–Crippen LogP) is 4.28. The van der Waals surface area contributed by atoms with E-state index in [1.807, 2.05) is 28.9 Å². The zero-order valence-electron chi connectivity index (χ0n) is 16.7. The zero-order chi connectivity index (χ0) is 19.4. The maximum atomic E-state index is 5.50. The highest BCUT2D eigenvalue weighted by Gasteiger charge is 2.33. The average Bonchev–Trinajstić information content (AvgIpc) is 3.18. The Kier molecular flexibility index (Phi) is 5.44. The maximum absolute atomic E-state index is 5.50. The number of rotatable bonds is 7. The first-order chi connectivity index (χ1) is 13.0. The quantitative estimate of drug-likeness (QED) is 0.677. The molecule has 0 fully saturated rings. The number of methoxy groups -OCH3 is 1. The third-order valence-electron chi connectivity index (χ3n) is 5.10. The summed E-state index contributed by atoms with van der Waals surface area (Å²) in [5.41, 5.74) is 3.88. The fourth-order valence-corrected chi connectivity index (χ4v) is 3.34. The van der Waals surface area contributed by atoms with Gasteiger partial charge in [-0.25, -0.2) is 0 Å². The highest BCUT2D eigenvalue weighted by atomic mass is 16.5. The van der Waals surface area contributed by atoms with E-state index in [0.717, 1.165) is 41.4 Å². The van der Waals surface area contributed by atoms with Crippen molar-refractivity contribution in [2.24, 2.45) is 0 Å². The molecular formula is C21H27N5O. The van der Waals surface area contributed by atoms with Gasteiger partial charge in [-0.1, -0.05) is 44.2 Å². The molecule has 142 valence electrons. The standard InChI is InChI=1S/C21H27N5O/c1-6-16-12-10-11-15(3)19(16)26-20(23-24-25-26)21(4,7-2)22-17-13-8-9-14-18(17)27-5/h8-14,22H,6-7H2,1-5H3/t21-/m0/s1. The minimum absolute atomic E-state index is 0.467. The molecule has 1 atom stereocenters. The first-order valence-corrected chi connectivity index (χ1v) is 9.33. The summed E-state index contributed by atoms with van der Waals surface area (Å²) in [6.45, 7) is 8.48. The van der Waals surface area contributed by atoms with Crippen molar-refractivity contribution in [1.82, 2.24) is 20.2 Å². The second-order valence-electron chi connectivity index (χ2n) is 6.86. The monoisotopic (exact) mass is 365 g/mol. The van der Waals surface area contributed by atoms with Gasteiger partial charge < -0.3 is 10.1 Å². The van der Waals surface area contributed by atoms with Crippen LogP contribution in [-0.2, 0) is 12.0 Å². The van der Waals surface area contributed by atoms with E-state index in [1.54, 1.807) is 7.11 Å². The summed E-state index contributed by atoms with van der Waals surface area (Å²) in [4.78, 5) is 0. The Morgan fingerprint density at radius 2 is 1.89 bits per heavy atom. The van der Waals surface area contributed by atoms with E-state index >= 15 is 0 Å². The van der Waals surface area contributed by atoms with Crippen LogP contribution < -0.4 is 10.1 Å². The first kappa shape index (κ1) is 18.9. The van der Waals surface area contributed by atoms with Crippen LogP contribution in [0.2, 0.25) is 0 Å². The van der Waals surface area contributed by atoms with E-state index in [9.17, 15) is 0 Å². The van der Waals surface area contributed by atoms with Gasteiger partial charge in [-0.05, 0) is 60.4 Å². The summed E-state index contributed by atoms with van der Waals surface area (Å²) in [7, 11) is 1.68. The number of hydrogen-bond acceptors (Lipinski definition) is 5. The number of ether oxygens (including phenoxy) is 1. The molecule has 6 heteroatoms. The van der Waals surface area contributed by atoms with E-state index in [-0.39, 0.29) is 0 Å². The Bertz CT molecular complexity index is 920. The highest BCUT2D eigenvalue weighted by molar-refractivity contribution is 5.58. The first-order valence-electron chi connectivity index (χ1n) is 9.33. The fourth-order valence-electron chi connectivity index (χ4n) is 3.34. The minimum Gasteiger partial charge on any atom is -0.495 e. The molecule has 6 nitrogen and oxygen atoms in total. The molecular weight excluding hydrogens is 338 g/mol. The number of hydrogen-bond donors (Lipinski definition) is 1. The summed E-state index contributed by atoms with van der Waals surface area (Å²) < 4.78 is 7.38. The summed E-state index contributed by atoms with van der Waals surface area (Å²) in [5.74, 6) is 1.57. The summed E-state index contributed by atoms with van der Waals surface area (Å²) in [6.07, 6.45) is 1.72. The second kappa shape index (κ2) is 7.78. The fraction of sp³-hybridized carbons (Fsp3) is 0.381. The molecule has 1 heterocycles. The van der Waals surface area contributed by atoms with Crippen molar-refractivity contribution in [3.05, 3.63) is 59.4 Å². The molecule has 3 aromatic rings. The Labute approximate surface area is 160 Å². The average molecular weight is 365 g/mol. The number of nitrogens with one attached hydrogen (secondary N) is 1. The van der Waals surface area contributed by atoms with Gasteiger partial charge in [0.1, 0.15) is 5.75 Å². The lowest BCUT2D eigenvalue weighted by Crippen LogP contribution is -2.35. The Balaban J connectivity index is 2.10. The Morgan fingerprint density at radius 1 is 1.11 bits per heavy atom. The minimum atomic E-state index is -0.467. The number of para-hydroxylation sites is 3. The van der Waals surface area contributed by atoms with Crippen molar-refractivity contribution in [2.45, 2.75) is 46.1 Å². The van der Waals surface area contributed by atoms with Crippen LogP contribution in [0.4, 0.5) is 5.69 Å². The summed E-state index contributed by atoms with van der Waals surface area (Å²) >= 11 is 0. The second-order valence-corrected chi connectivity index (χ2v) is 6.86. The van der Waals surface area contributed by atoms with Crippen LogP contribution in [-0.4, -0.2) is 27.3 Å². The Morgan fingerprint density at radius 3 is 2.59 bits per heavy atom. The van der Waals surface area contributed by atoms with E-state index in [1.165, 1.54) is 5.56 Å². The third kappa shape index (κ3) is 3.52. The van der Waals surface area contributed by atoms with Gasteiger partial charge in [0.05, 0.1) is 24.0 Å². The van der Waals surface area contributed by atoms with E-state index in [0.29, 0.717) is 0 Å². The highest BCUT2D eigenvalue weighted by Crippen LogP contribution is 2.34. The van der Waals surface area contributed by atoms with Gasteiger partial charge in [0.2, 0.25) is 0 Å². The molecule has 27 heavy (non-hydrogen) atoms. The van der Waals surface area contributed by atoms with Crippen molar-refractivity contribution >= 4 is 5.69 Å². The molecule has 0 amide bonds. The van der Waals surface area contributed by atoms with Crippen LogP contribution in [0, 0.1) is 6.92 Å². The summed E-state index contributed by atoms with van der Waals surface area (Å²) in [5, 5.41) is 16.4. The molecule has 1 N–H and O–H groups in total. The van der Waals surface area contributed by atoms with E-state index < -0.39 is 5.54 Å². The SMILES string of the molecule is CCc1cccc(C)c1-n1nnnc1[C@](C)(CC)Nc1ccccc1OC. The molecule has 0 saturated heterocycles. The molecule has 0 unspecified atom stereocenters. The number of tetrazole rings is 1. The van der Waals surface area contributed by atoms with Crippen LogP contribution >= 0.6 is 0 Å². The molecule has 0 aliphatic rings. The van der Waals surface area contributed by atoms with Gasteiger partial charge in [0.25, 0.3) is 0 Å². The topological polar surface area (TPSA) is 64.9 Å². The van der Waals surface area contributed by atoms with Crippen LogP contribution in [0.5, 0.6) is 5.75 Å². The van der Waals surface area contributed by atoms with Gasteiger partial charge >= 0.3 is 0 Å². The van der Waals surface area contributed by atoms with Crippen LogP contribution in [0.15, 0.2) is 42.5 Å². The lowest BCUT2D eigenvalue weighted by atomic mass is 9.96. The smallest absolute Gasteiger partial charge is 0.181 e. The Hall–Kier alpha value is -2.89. The molecule has 3 rings (SSSR count). The van der Waals surface area contributed by atoms with Crippen LogP contribution in [0.25, 0.3) is 5.69 Å². The van der Waals surface area contributed by atoms with Crippen molar-refractivity contribution < 1.29 is 4.74 Å². The van der Waals surface area contributed by atoms with Crippen molar-refractivity contribution in [1.29, 1.82) is 0 Å². The molecule has 0 aliphatic heterocycles. The van der Waals surface area contributed by atoms with Gasteiger partial charge in [-0.15, -0.1) is 5.10 Å². The predicted molar refractivity (Wildman–Crippen MR) is 108 cm³/mol. The maximum Gasteiger partial charge on any atom is 0.181 e. The molecule has 0 saturated carbocycles. The van der Waals surface area contributed by atoms with Gasteiger partial charge in [-0.2, -0.15) is 4.68 Å². The van der Waals surface area contributed by atoms with Crippen LogP contribution in [0.3, 0.4) is 0 Å². The number of aryl methyl sites for hydroxylation is 2. The van der Waals surface area contributed by atoms with Crippen LogP contribution in [0.1, 0.15) is 44.1 Å². The van der Waals surface area contributed by atoms with E-state index in [4.69, 9.17) is 4.74 Å². The molecule has 1 aromatic heterocycles. The van der Waals surface area contributed by atoms with Gasteiger partial charge in [0.15, 0.2) is 5.82 Å². The molecule has 2 aromatic carbocycles. The lowest BCUT2D eigenvalue weighted by Gasteiger charge is -2.30. The zero-order valence-corrected chi connectivity index (χ0v) is 16.7. The number of benzene rings is 2. The number of nitrogens with zero attached hydrogens (tertiary/aromatic N) is 4. The van der Waals surface area contributed by atoms with Crippen molar-refractivity contribution in [2.75, 3.05) is 12.4 Å². The van der Waals surface area contributed by atoms with Gasteiger partial charge in [0, 0.05) is 0 Å². The van der Waals surface area contributed by atoms with Crippen molar-refractivity contribution in [3.8, 4) is 11.4 Å². The molecule has 0 radical (unpaired) electrons. The normalized spacial score (nSPS) is 13.2. The lowest BCUT2D eigenvalue weighted by molar-refractivity contribution is 0.411. The van der Waals surface area contributed by atoms with E-state index in [2.05, 4.69) is 66.7 Å². The molecule has 0 spiro atoms. The number of anilines is 1.